The van der Waals surface area contributed by atoms with Crippen LogP contribution in [0.2, 0.25) is 0 Å². The van der Waals surface area contributed by atoms with Gasteiger partial charge in [0.25, 0.3) is 0 Å². The molecule has 0 radical (unpaired) electrons. The van der Waals surface area contributed by atoms with Gasteiger partial charge in [0.15, 0.2) is 4.60 Å². The molecule has 120 valence electrons. The second-order valence-electron chi connectivity index (χ2n) is 6.43. The van der Waals surface area contributed by atoms with E-state index in [0.717, 1.165) is 23.6 Å². The first-order valence-electron chi connectivity index (χ1n) is 8.43. The molecule has 1 aromatic heterocycles. The summed E-state index contributed by atoms with van der Waals surface area (Å²) in [6.07, 6.45) is 7.84. The van der Waals surface area contributed by atoms with E-state index in [1.165, 1.54) is 44.2 Å². The number of nitrogens with zero attached hydrogens (tertiary/aromatic N) is 3. The molecule has 1 aromatic rings. The Labute approximate surface area is 137 Å². The number of aryl methyl sites for hydroxylation is 1. The van der Waals surface area contributed by atoms with Gasteiger partial charge in [-0.1, -0.05) is 38.3 Å². The van der Waals surface area contributed by atoms with E-state index in [4.69, 9.17) is 0 Å². The predicted octanol–water partition coefficient (Wildman–Crippen LogP) is 3.88. The molecule has 4 nitrogen and oxygen atoms in total. The van der Waals surface area contributed by atoms with Crippen LogP contribution in [0.3, 0.4) is 0 Å². The lowest BCUT2D eigenvalue weighted by molar-refractivity contribution is 0.213. The topological polar surface area (TPSA) is 42.7 Å². The second-order valence-corrected chi connectivity index (χ2v) is 7.18. The van der Waals surface area contributed by atoms with Crippen LogP contribution in [0.1, 0.15) is 64.0 Å². The SMILES string of the molecule is CCCNCC1CCC(CCC)CC1c1c(Br)nnn1C. The average molecular weight is 357 g/mol. The van der Waals surface area contributed by atoms with Crippen LogP contribution in [0.15, 0.2) is 4.60 Å². The molecule has 1 saturated carbocycles. The van der Waals surface area contributed by atoms with Gasteiger partial charge >= 0.3 is 0 Å². The Morgan fingerprint density at radius 2 is 2.10 bits per heavy atom. The van der Waals surface area contributed by atoms with Gasteiger partial charge in [0.2, 0.25) is 0 Å². The minimum absolute atomic E-state index is 0.578. The fourth-order valence-electron chi connectivity index (χ4n) is 3.77. The maximum atomic E-state index is 4.20. The van der Waals surface area contributed by atoms with E-state index >= 15 is 0 Å². The molecule has 1 aliphatic carbocycles. The van der Waals surface area contributed by atoms with Crippen molar-refractivity contribution in [2.75, 3.05) is 13.1 Å². The number of hydrogen-bond acceptors (Lipinski definition) is 3. The van der Waals surface area contributed by atoms with Crippen LogP contribution >= 0.6 is 15.9 Å². The smallest absolute Gasteiger partial charge is 0.151 e. The Morgan fingerprint density at radius 1 is 1.29 bits per heavy atom. The van der Waals surface area contributed by atoms with Gasteiger partial charge in [-0.25, -0.2) is 0 Å². The fourth-order valence-corrected chi connectivity index (χ4v) is 4.39. The molecule has 1 heterocycles. The predicted molar refractivity (Wildman–Crippen MR) is 90.3 cm³/mol. The quantitative estimate of drug-likeness (QED) is 0.753. The van der Waals surface area contributed by atoms with Gasteiger partial charge in [0, 0.05) is 13.0 Å². The van der Waals surface area contributed by atoms with Gasteiger partial charge in [-0.15, -0.1) is 5.10 Å². The van der Waals surface area contributed by atoms with Crippen LogP contribution in [-0.2, 0) is 7.05 Å². The third kappa shape index (κ3) is 4.28. The molecule has 3 atom stereocenters. The molecule has 0 amide bonds. The Hall–Kier alpha value is -0.420. The van der Waals surface area contributed by atoms with Gasteiger partial charge in [-0.3, -0.25) is 4.68 Å². The van der Waals surface area contributed by atoms with Crippen LogP contribution in [0.25, 0.3) is 0 Å². The zero-order chi connectivity index (χ0) is 15.2. The molecule has 1 N–H and O–H groups in total. The summed E-state index contributed by atoms with van der Waals surface area (Å²) < 4.78 is 2.91. The third-order valence-electron chi connectivity index (χ3n) is 4.81. The Balaban J connectivity index is 2.12. The Bertz CT molecular complexity index is 412. The van der Waals surface area contributed by atoms with Gasteiger partial charge in [-0.2, -0.15) is 0 Å². The summed E-state index contributed by atoms with van der Waals surface area (Å²) >= 11 is 3.61. The first-order chi connectivity index (χ1) is 10.2. The maximum absolute atomic E-state index is 4.20. The molecule has 0 aromatic carbocycles. The molecule has 5 heteroatoms. The van der Waals surface area contributed by atoms with Crippen molar-refractivity contribution in [2.45, 2.75) is 58.3 Å². The minimum Gasteiger partial charge on any atom is -0.316 e. The van der Waals surface area contributed by atoms with Crippen LogP contribution in [0.5, 0.6) is 0 Å². The largest absolute Gasteiger partial charge is 0.316 e. The Morgan fingerprint density at radius 3 is 2.71 bits per heavy atom. The van der Waals surface area contributed by atoms with Crippen LogP contribution < -0.4 is 5.32 Å². The molecule has 1 aliphatic rings. The number of aromatic nitrogens is 3. The van der Waals surface area contributed by atoms with Gasteiger partial charge in [0.05, 0.1) is 5.69 Å². The van der Waals surface area contributed by atoms with Crippen molar-refractivity contribution < 1.29 is 0 Å². The summed E-state index contributed by atoms with van der Waals surface area (Å²) in [4.78, 5) is 0. The van der Waals surface area contributed by atoms with Crippen LogP contribution in [0.4, 0.5) is 0 Å². The molecule has 0 bridgehead atoms. The van der Waals surface area contributed by atoms with Gasteiger partial charge < -0.3 is 5.32 Å². The number of halogens is 1. The van der Waals surface area contributed by atoms with Crippen molar-refractivity contribution in [3.63, 3.8) is 0 Å². The van der Waals surface area contributed by atoms with E-state index in [1.807, 2.05) is 11.7 Å². The van der Waals surface area contributed by atoms with E-state index in [0.29, 0.717) is 11.8 Å². The summed E-state index contributed by atoms with van der Waals surface area (Å²) in [5.41, 5.74) is 1.29. The molecule has 0 aliphatic heterocycles. The van der Waals surface area contributed by atoms with E-state index in [1.54, 1.807) is 0 Å². The molecule has 1 fully saturated rings. The van der Waals surface area contributed by atoms with Gasteiger partial charge in [0.1, 0.15) is 0 Å². The Kier molecular flexibility index (Phi) is 6.68. The zero-order valence-corrected chi connectivity index (χ0v) is 15.2. The van der Waals surface area contributed by atoms with Crippen molar-refractivity contribution in [1.82, 2.24) is 20.3 Å². The minimum atomic E-state index is 0.578. The average Bonchev–Trinajstić information content (AvgIpc) is 2.80. The monoisotopic (exact) mass is 356 g/mol. The van der Waals surface area contributed by atoms with Crippen LogP contribution in [0, 0.1) is 11.8 Å². The fraction of sp³-hybridized carbons (Fsp3) is 0.875. The van der Waals surface area contributed by atoms with E-state index in [2.05, 4.69) is 45.4 Å². The lowest BCUT2D eigenvalue weighted by atomic mass is 9.71. The highest BCUT2D eigenvalue weighted by Gasteiger charge is 2.34. The van der Waals surface area contributed by atoms with Gasteiger partial charge in [-0.05, 0) is 60.1 Å². The second kappa shape index (κ2) is 8.28. The third-order valence-corrected chi connectivity index (χ3v) is 5.37. The summed E-state index contributed by atoms with van der Waals surface area (Å²) in [5.74, 6) is 2.15. The molecule has 3 unspecified atom stereocenters. The first-order valence-corrected chi connectivity index (χ1v) is 9.22. The summed E-state index contributed by atoms with van der Waals surface area (Å²) in [6, 6.07) is 0. The molecule has 21 heavy (non-hydrogen) atoms. The summed E-state index contributed by atoms with van der Waals surface area (Å²) in [7, 11) is 2.02. The number of rotatable bonds is 7. The van der Waals surface area contributed by atoms with E-state index in [9.17, 15) is 0 Å². The molecule has 2 rings (SSSR count). The lowest BCUT2D eigenvalue weighted by Crippen LogP contribution is -2.33. The highest BCUT2D eigenvalue weighted by Crippen LogP contribution is 2.43. The highest BCUT2D eigenvalue weighted by molar-refractivity contribution is 9.10. The van der Waals surface area contributed by atoms with Crippen molar-refractivity contribution in [1.29, 1.82) is 0 Å². The molecule has 0 saturated heterocycles. The van der Waals surface area contributed by atoms with Crippen molar-refractivity contribution in [2.24, 2.45) is 18.9 Å². The normalized spacial score (nSPS) is 26.2. The van der Waals surface area contributed by atoms with Crippen molar-refractivity contribution >= 4 is 15.9 Å². The van der Waals surface area contributed by atoms with Crippen LogP contribution in [-0.4, -0.2) is 28.1 Å². The first kappa shape index (κ1) is 16.9. The van der Waals surface area contributed by atoms with Crippen molar-refractivity contribution in [3.05, 3.63) is 10.3 Å². The van der Waals surface area contributed by atoms with Crippen molar-refractivity contribution in [3.8, 4) is 0 Å². The highest BCUT2D eigenvalue weighted by atomic mass is 79.9. The molecular weight excluding hydrogens is 328 g/mol. The number of hydrogen-bond donors (Lipinski definition) is 1. The standard InChI is InChI=1S/C16H29BrN4/c1-4-6-12-7-8-13(11-18-9-5-2)14(10-12)15-16(17)19-20-21(15)3/h12-14,18H,4-11H2,1-3H3. The summed E-state index contributed by atoms with van der Waals surface area (Å²) in [5, 5.41) is 12.0. The maximum Gasteiger partial charge on any atom is 0.151 e. The van der Waals surface area contributed by atoms with E-state index < -0.39 is 0 Å². The molecular formula is C16H29BrN4. The van der Waals surface area contributed by atoms with E-state index in [-0.39, 0.29) is 0 Å². The lowest BCUT2D eigenvalue weighted by Gasteiger charge is -2.36. The molecule has 0 spiro atoms. The zero-order valence-electron chi connectivity index (χ0n) is 13.6. The number of nitrogens with one attached hydrogen (secondary N) is 1. The summed E-state index contributed by atoms with van der Waals surface area (Å²) in [6.45, 7) is 6.76.